The number of carbonyl (C=O) groups is 2. The Morgan fingerprint density at radius 2 is 1.09 bits per heavy atom. The third-order valence-corrected chi connectivity index (χ3v) is 10.1. The van der Waals surface area contributed by atoms with Crippen molar-refractivity contribution in [1.82, 2.24) is 9.80 Å². The zero-order chi connectivity index (χ0) is 23.3. The molecule has 0 N–H and O–H groups in total. The van der Waals surface area contributed by atoms with Crippen LogP contribution >= 0.6 is 31.9 Å². The van der Waals surface area contributed by atoms with Crippen LogP contribution in [0.1, 0.15) is 21.9 Å². The Labute approximate surface area is 202 Å². The van der Waals surface area contributed by atoms with E-state index in [0.717, 1.165) is 0 Å². The lowest BCUT2D eigenvalue weighted by atomic mass is 10.2. The number of benzene rings is 2. The Morgan fingerprint density at radius 1 is 0.719 bits per heavy atom. The molecule has 0 saturated carbocycles. The van der Waals surface area contributed by atoms with E-state index in [1.165, 1.54) is 9.80 Å². The van der Waals surface area contributed by atoms with Crippen molar-refractivity contribution in [1.29, 1.82) is 0 Å². The summed E-state index contributed by atoms with van der Waals surface area (Å²) >= 11 is 6.63. The van der Waals surface area contributed by atoms with Crippen LogP contribution < -0.4 is 0 Å². The largest absolute Gasteiger partial charge is 0.319 e. The van der Waals surface area contributed by atoms with Crippen molar-refractivity contribution in [2.24, 2.45) is 0 Å². The topological polar surface area (TPSA) is 109 Å². The number of rotatable bonds is 5. The van der Waals surface area contributed by atoms with Crippen molar-refractivity contribution in [3.8, 4) is 0 Å². The molecule has 2 aliphatic rings. The Bertz CT molecular complexity index is 1210. The minimum atomic E-state index is -3.78. The summed E-state index contributed by atoms with van der Waals surface area (Å²) in [6.45, 7) is -0.220. The molecule has 12 heteroatoms. The fourth-order valence-electron chi connectivity index (χ4n) is 4.11. The van der Waals surface area contributed by atoms with Gasteiger partial charge >= 0.3 is 0 Å². The van der Waals surface area contributed by atoms with Gasteiger partial charge in [-0.1, -0.05) is 56.1 Å². The van der Waals surface area contributed by atoms with Gasteiger partial charge in [0.25, 0.3) is 0 Å². The SMILES string of the molecule is O=C1CS(=O)(=O)[C@H](c2cccc(Br)c2)N1CCN1C(=O)CS(=O)(=O)[C@H]1c1cccc(Br)c1. The molecule has 2 aromatic carbocycles. The van der Waals surface area contributed by atoms with Crippen LogP contribution in [0.15, 0.2) is 57.5 Å². The zero-order valence-corrected chi connectivity index (χ0v) is 21.3. The van der Waals surface area contributed by atoms with Gasteiger partial charge in [-0.05, 0) is 35.4 Å². The van der Waals surface area contributed by atoms with Crippen LogP contribution in [0.5, 0.6) is 0 Å². The van der Waals surface area contributed by atoms with Crippen molar-refractivity contribution in [2.75, 3.05) is 24.6 Å². The van der Waals surface area contributed by atoms with Gasteiger partial charge in [0.15, 0.2) is 30.4 Å². The van der Waals surface area contributed by atoms with Crippen LogP contribution in [-0.4, -0.2) is 63.0 Å². The summed E-state index contributed by atoms with van der Waals surface area (Å²) in [6, 6.07) is 13.3. The van der Waals surface area contributed by atoms with Crippen LogP contribution in [-0.2, 0) is 29.3 Å². The molecule has 2 heterocycles. The molecule has 2 amide bonds. The Morgan fingerprint density at radius 3 is 1.44 bits per heavy atom. The second kappa shape index (κ2) is 8.54. The molecule has 2 aromatic rings. The molecule has 2 aliphatic heterocycles. The summed E-state index contributed by atoms with van der Waals surface area (Å²) in [4.78, 5) is 27.6. The maximum atomic E-state index is 12.7. The van der Waals surface area contributed by atoms with Gasteiger partial charge in [-0.2, -0.15) is 0 Å². The van der Waals surface area contributed by atoms with Crippen molar-refractivity contribution in [3.63, 3.8) is 0 Å². The van der Waals surface area contributed by atoms with E-state index in [9.17, 15) is 26.4 Å². The summed E-state index contributed by atoms with van der Waals surface area (Å²) in [5, 5.41) is -2.38. The number of hydrogen-bond donors (Lipinski definition) is 0. The average molecular weight is 606 g/mol. The van der Waals surface area contributed by atoms with E-state index in [1.807, 2.05) is 0 Å². The third-order valence-electron chi connectivity index (χ3n) is 5.39. The van der Waals surface area contributed by atoms with Crippen molar-refractivity contribution >= 4 is 63.3 Å². The van der Waals surface area contributed by atoms with Gasteiger partial charge in [-0.15, -0.1) is 0 Å². The van der Waals surface area contributed by atoms with Crippen LogP contribution in [0, 0.1) is 0 Å². The standard InChI is InChI=1S/C20H18Br2N2O6S2/c21-15-5-1-3-13(9-15)19-23(17(25)11-31(19,27)28)7-8-24-18(26)12-32(29,30)20(24)14-4-2-6-16(22)10-14/h1-6,9-10,19-20H,7-8,11-12H2/t19-,20+. The van der Waals surface area contributed by atoms with Crippen molar-refractivity contribution in [3.05, 3.63) is 68.6 Å². The van der Waals surface area contributed by atoms with Gasteiger partial charge in [0.05, 0.1) is 0 Å². The lowest BCUT2D eigenvalue weighted by Gasteiger charge is -2.29. The van der Waals surface area contributed by atoms with Gasteiger partial charge in [-0.25, -0.2) is 16.8 Å². The summed E-state index contributed by atoms with van der Waals surface area (Å²) < 4.78 is 52.2. The predicted molar refractivity (Wildman–Crippen MR) is 125 cm³/mol. The highest BCUT2D eigenvalue weighted by atomic mass is 79.9. The molecule has 0 spiro atoms. The molecule has 4 rings (SSSR count). The molecule has 32 heavy (non-hydrogen) atoms. The number of sulfone groups is 2. The summed E-state index contributed by atoms with van der Waals surface area (Å²) in [5.41, 5.74) is 0.850. The first-order chi connectivity index (χ1) is 15.0. The number of carbonyl (C=O) groups excluding carboxylic acids is 2. The maximum Gasteiger partial charge on any atom is 0.239 e. The fourth-order valence-corrected chi connectivity index (χ4v) is 8.63. The van der Waals surface area contributed by atoms with Crippen LogP contribution in [0.2, 0.25) is 0 Å². The van der Waals surface area contributed by atoms with E-state index >= 15 is 0 Å². The normalized spacial score (nSPS) is 24.3. The molecule has 170 valence electrons. The Balaban J connectivity index is 1.64. The molecule has 2 fully saturated rings. The smallest absolute Gasteiger partial charge is 0.239 e. The van der Waals surface area contributed by atoms with Gasteiger partial charge in [0.1, 0.15) is 11.5 Å². The summed E-state index contributed by atoms with van der Waals surface area (Å²) in [7, 11) is -7.56. The molecular weight excluding hydrogens is 588 g/mol. The van der Waals surface area contributed by atoms with E-state index in [2.05, 4.69) is 31.9 Å². The van der Waals surface area contributed by atoms with Gasteiger partial charge in [0, 0.05) is 22.0 Å². The molecule has 0 unspecified atom stereocenters. The predicted octanol–water partition coefficient (Wildman–Crippen LogP) is 2.42. The fraction of sp³-hybridized carbons (Fsp3) is 0.300. The Hall–Kier alpha value is -1.76. The molecule has 0 aliphatic carbocycles. The molecular formula is C20H18Br2N2O6S2. The number of hydrogen-bond acceptors (Lipinski definition) is 6. The number of amides is 2. The highest BCUT2D eigenvalue weighted by Crippen LogP contribution is 2.37. The molecule has 8 nitrogen and oxygen atoms in total. The second-order valence-corrected chi connectivity index (χ2v) is 13.6. The number of nitrogens with zero attached hydrogens (tertiary/aromatic N) is 2. The highest BCUT2D eigenvalue weighted by molar-refractivity contribution is 9.10. The summed E-state index contributed by atoms with van der Waals surface area (Å²) in [6.07, 6.45) is 0. The quantitative estimate of drug-likeness (QED) is 0.518. The van der Waals surface area contributed by atoms with Crippen LogP contribution in [0.4, 0.5) is 0 Å². The van der Waals surface area contributed by atoms with E-state index in [-0.39, 0.29) is 13.1 Å². The monoisotopic (exact) mass is 604 g/mol. The lowest BCUT2D eigenvalue weighted by Crippen LogP contribution is -2.39. The minimum Gasteiger partial charge on any atom is -0.319 e. The molecule has 0 bridgehead atoms. The minimum absolute atomic E-state index is 0.110. The van der Waals surface area contributed by atoms with Gasteiger partial charge in [-0.3, -0.25) is 9.59 Å². The highest BCUT2D eigenvalue weighted by Gasteiger charge is 2.48. The van der Waals surface area contributed by atoms with Gasteiger partial charge < -0.3 is 9.80 Å². The van der Waals surface area contributed by atoms with Crippen molar-refractivity contribution < 1.29 is 26.4 Å². The molecule has 2 saturated heterocycles. The first kappa shape index (κ1) is 23.4. The third kappa shape index (κ3) is 4.37. The van der Waals surface area contributed by atoms with Crippen LogP contribution in [0.25, 0.3) is 0 Å². The molecule has 2 atom stereocenters. The summed E-state index contributed by atoms with van der Waals surface area (Å²) in [5.74, 6) is -2.43. The van der Waals surface area contributed by atoms with E-state index in [4.69, 9.17) is 0 Å². The lowest BCUT2D eigenvalue weighted by molar-refractivity contribution is -0.132. The first-order valence-electron chi connectivity index (χ1n) is 9.52. The van der Waals surface area contributed by atoms with E-state index in [0.29, 0.717) is 20.1 Å². The molecule has 0 radical (unpaired) electrons. The van der Waals surface area contributed by atoms with Crippen LogP contribution in [0.3, 0.4) is 0 Å². The van der Waals surface area contributed by atoms with E-state index in [1.54, 1.807) is 48.5 Å². The number of halogens is 2. The second-order valence-electron chi connectivity index (χ2n) is 7.60. The van der Waals surface area contributed by atoms with E-state index < -0.39 is 53.7 Å². The van der Waals surface area contributed by atoms with Crippen molar-refractivity contribution in [2.45, 2.75) is 10.7 Å². The maximum absolute atomic E-state index is 12.7. The zero-order valence-electron chi connectivity index (χ0n) is 16.5. The van der Waals surface area contributed by atoms with Gasteiger partial charge in [0.2, 0.25) is 11.8 Å². The first-order valence-corrected chi connectivity index (χ1v) is 14.5. The molecule has 0 aromatic heterocycles. The average Bonchev–Trinajstić information content (AvgIpc) is 3.05. The Kier molecular flexibility index (Phi) is 6.25.